The van der Waals surface area contributed by atoms with Gasteiger partial charge in [0, 0.05) is 48.9 Å². The van der Waals surface area contributed by atoms with Crippen molar-refractivity contribution >= 4 is 11.8 Å². The Balaban J connectivity index is 1.42. The van der Waals surface area contributed by atoms with Crippen LogP contribution in [-0.2, 0) is 11.2 Å². The minimum Gasteiger partial charge on any atom is -0.394 e. The summed E-state index contributed by atoms with van der Waals surface area (Å²) in [6.45, 7) is 0.733. The number of aliphatic hydroxyl groups is 1. The van der Waals surface area contributed by atoms with Crippen molar-refractivity contribution in [1.29, 1.82) is 0 Å². The van der Waals surface area contributed by atoms with Crippen molar-refractivity contribution in [1.82, 2.24) is 19.8 Å². The molecule has 4 heterocycles. The first-order chi connectivity index (χ1) is 15.6. The summed E-state index contributed by atoms with van der Waals surface area (Å²) in [5.41, 5.74) is 1.80. The van der Waals surface area contributed by atoms with Crippen molar-refractivity contribution in [3.63, 3.8) is 0 Å². The SMILES string of the molecule is O=C(Cc1ccccn1)N1CC2(C1)[C@@H](c1ccccc1)[C@@H](CO)N2C(=O)c1ccncc1. The normalized spacial score (nSPS) is 21.0. The molecule has 0 unspecified atom stereocenters. The van der Waals surface area contributed by atoms with Crippen LogP contribution in [0.15, 0.2) is 79.3 Å². The molecule has 162 valence electrons. The number of benzene rings is 1. The first-order valence-corrected chi connectivity index (χ1v) is 10.7. The topological polar surface area (TPSA) is 86.6 Å². The molecule has 2 atom stereocenters. The van der Waals surface area contributed by atoms with E-state index in [1.165, 1.54) is 0 Å². The smallest absolute Gasteiger partial charge is 0.254 e. The Morgan fingerprint density at radius 2 is 1.69 bits per heavy atom. The van der Waals surface area contributed by atoms with Gasteiger partial charge in [0.1, 0.15) is 0 Å². The predicted octanol–water partition coefficient (Wildman–Crippen LogP) is 1.90. The molecule has 0 radical (unpaired) electrons. The van der Waals surface area contributed by atoms with Crippen molar-refractivity contribution in [2.24, 2.45) is 0 Å². The van der Waals surface area contributed by atoms with E-state index in [1.54, 1.807) is 40.5 Å². The fraction of sp³-hybridized carbons (Fsp3) is 0.280. The number of carbonyl (C=O) groups is 2. The number of hydrogen-bond acceptors (Lipinski definition) is 5. The first kappa shape index (κ1) is 20.3. The van der Waals surface area contributed by atoms with Gasteiger partial charge in [0.2, 0.25) is 5.91 Å². The van der Waals surface area contributed by atoms with Crippen molar-refractivity contribution in [2.75, 3.05) is 19.7 Å². The van der Waals surface area contributed by atoms with E-state index < -0.39 is 5.54 Å². The number of nitrogens with zero attached hydrogens (tertiary/aromatic N) is 4. The Morgan fingerprint density at radius 1 is 0.969 bits per heavy atom. The average molecular weight is 428 g/mol. The van der Waals surface area contributed by atoms with E-state index in [2.05, 4.69) is 9.97 Å². The van der Waals surface area contributed by atoms with E-state index in [-0.39, 0.29) is 36.8 Å². The van der Waals surface area contributed by atoms with Gasteiger partial charge in [0.05, 0.1) is 24.6 Å². The molecule has 2 aromatic heterocycles. The summed E-state index contributed by atoms with van der Waals surface area (Å²) in [5, 5.41) is 10.2. The molecule has 2 fully saturated rings. The molecule has 7 heteroatoms. The van der Waals surface area contributed by atoms with E-state index in [0.29, 0.717) is 18.7 Å². The van der Waals surface area contributed by atoms with Crippen LogP contribution in [0.2, 0.25) is 0 Å². The number of likely N-dealkylation sites (tertiary alicyclic amines) is 2. The summed E-state index contributed by atoms with van der Waals surface area (Å²) in [7, 11) is 0. The second-order valence-electron chi connectivity index (χ2n) is 8.40. The van der Waals surface area contributed by atoms with Crippen LogP contribution in [0.1, 0.15) is 27.5 Å². The van der Waals surface area contributed by atoms with Gasteiger partial charge in [-0.2, -0.15) is 0 Å². The number of carbonyl (C=O) groups excluding carboxylic acids is 2. The lowest BCUT2D eigenvalue weighted by Crippen LogP contribution is -2.86. The lowest BCUT2D eigenvalue weighted by Gasteiger charge is -2.70. The fourth-order valence-corrected chi connectivity index (χ4v) is 5.18. The van der Waals surface area contributed by atoms with Crippen LogP contribution in [0.4, 0.5) is 0 Å². The lowest BCUT2D eigenvalue weighted by molar-refractivity contribution is -0.178. The zero-order chi connectivity index (χ0) is 22.1. The van der Waals surface area contributed by atoms with E-state index >= 15 is 0 Å². The molecule has 0 bridgehead atoms. The van der Waals surface area contributed by atoms with Gasteiger partial charge in [0.25, 0.3) is 5.91 Å². The molecule has 2 amide bonds. The number of amides is 2. The summed E-state index contributed by atoms with van der Waals surface area (Å²) in [6.07, 6.45) is 5.09. The van der Waals surface area contributed by atoms with Crippen molar-refractivity contribution in [2.45, 2.75) is 23.9 Å². The molecule has 1 N–H and O–H groups in total. The van der Waals surface area contributed by atoms with Gasteiger partial charge in [-0.3, -0.25) is 19.6 Å². The number of hydrogen-bond donors (Lipinski definition) is 1. The second kappa shape index (κ2) is 8.16. The summed E-state index contributed by atoms with van der Waals surface area (Å²) in [4.78, 5) is 38.1. The monoisotopic (exact) mass is 428 g/mol. The number of pyridine rings is 2. The molecule has 1 aromatic carbocycles. The van der Waals surface area contributed by atoms with Crippen LogP contribution in [0, 0.1) is 0 Å². The highest BCUT2D eigenvalue weighted by molar-refractivity contribution is 5.96. The summed E-state index contributed by atoms with van der Waals surface area (Å²) in [5.74, 6) is -0.196. The van der Waals surface area contributed by atoms with Crippen LogP contribution < -0.4 is 0 Å². The van der Waals surface area contributed by atoms with Gasteiger partial charge in [0.15, 0.2) is 0 Å². The van der Waals surface area contributed by atoms with E-state index in [1.807, 2.05) is 48.5 Å². The highest BCUT2D eigenvalue weighted by Crippen LogP contribution is 2.54. The van der Waals surface area contributed by atoms with Crippen molar-refractivity contribution < 1.29 is 14.7 Å². The van der Waals surface area contributed by atoms with Gasteiger partial charge in [-0.25, -0.2) is 0 Å². The summed E-state index contributed by atoms with van der Waals surface area (Å²) in [6, 6.07) is 18.5. The Morgan fingerprint density at radius 3 is 2.34 bits per heavy atom. The van der Waals surface area contributed by atoms with Crippen LogP contribution in [-0.4, -0.2) is 68.0 Å². The van der Waals surface area contributed by atoms with E-state index in [0.717, 1.165) is 11.3 Å². The lowest BCUT2D eigenvalue weighted by atomic mass is 9.60. The molecule has 0 aliphatic carbocycles. The molecule has 1 spiro atoms. The molecule has 2 saturated heterocycles. The fourth-order valence-electron chi connectivity index (χ4n) is 5.18. The molecule has 0 saturated carbocycles. The predicted molar refractivity (Wildman–Crippen MR) is 118 cm³/mol. The maximum atomic E-state index is 13.4. The molecular weight excluding hydrogens is 404 g/mol. The van der Waals surface area contributed by atoms with E-state index in [4.69, 9.17) is 0 Å². The molecular formula is C25H24N4O3. The maximum absolute atomic E-state index is 13.4. The quantitative estimate of drug-likeness (QED) is 0.671. The Bertz CT molecular complexity index is 1100. The molecule has 2 aliphatic heterocycles. The van der Waals surface area contributed by atoms with Crippen LogP contribution in [0.5, 0.6) is 0 Å². The van der Waals surface area contributed by atoms with Crippen LogP contribution in [0.3, 0.4) is 0 Å². The Kier molecular flexibility index (Phi) is 5.19. The second-order valence-corrected chi connectivity index (χ2v) is 8.40. The molecule has 32 heavy (non-hydrogen) atoms. The van der Waals surface area contributed by atoms with Crippen molar-refractivity contribution in [3.8, 4) is 0 Å². The summed E-state index contributed by atoms with van der Waals surface area (Å²) < 4.78 is 0. The molecule has 2 aliphatic rings. The minimum absolute atomic E-state index is 0.00936. The van der Waals surface area contributed by atoms with Crippen LogP contribution >= 0.6 is 0 Å². The molecule has 5 rings (SSSR count). The highest BCUT2D eigenvalue weighted by Gasteiger charge is 2.68. The zero-order valence-electron chi connectivity index (χ0n) is 17.5. The van der Waals surface area contributed by atoms with Gasteiger partial charge >= 0.3 is 0 Å². The number of aliphatic hydroxyl groups excluding tert-OH is 1. The Labute approximate surface area is 186 Å². The summed E-state index contributed by atoms with van der Waals surface area (Å²) >= 11 is 0. The minimum atomic E-state index is -0.533. The van der Waals surface area contributed by atoms with Gasteiger partial charge in [-0.1, -0.05) is 36.4 Å². The van der Waals surface area contributed by atoms with Gasteiger partial charge < -0.3 is 14.9 Å². The number of aromatic nitrogens is 2. The van der Waals surface area contributed by atoms with Crippen LogP contribution in [0.25, 0.3) is 0 Å². The third kappa shape index (κ3) is 3.26. The Hall–Kier alpha value is -3.58. The highest BCUT2D eigenvalue weighted by atomic mass is 16.3. The third-order valence-corrected chi connectivity index (χ3v) is 6.61. The zero-order valence-corrected chi connectivity index (χ0v) is 17.5. The maximum Gasteiger partial charge on any atom is 0.254 e. The molecule has 3 aromatic rings. The van der Waals surface area contributed by atoms with E-state index in [9.17, 15) is 14.7 Å². The number of rotatable bonds is 5. The largest absolute Gasteiger partial charge is 0.394 e. The van der Waals surface area contributed by atoms with Gasteiger partial charge in [-0.15, -0.1) is 0 Å². The average Bonchev–Trinajstić information content (AvgIpc) is 2.79. The first-order valence-electron chi connectivity index (χ1n) is 10.7. The molecule has 7 nitrogen and oxygen atoms in total. The van der Waals surface area contributed by atoms with Crippen molar-refractivity contribution in [3.05, 3.63) is 96.1 Å². The third-order valence-electron chi connectivity index (χ3n) is 6.61. The van der Waals surface area contributed by atoms with Gasteiger partial charge in [-0.05, 0) is 29.8 Å². The standard InChI is InChI=1S/C25H24N4O3/c30-15-21-23(18-6-2-1-3-7-18)25(29(21)24(32)19-9-12-26-13-10-19)16-28(17-25)22(31)14-20-8-4-5-11-27-20/h1-13,21,23,30H,14-17H2/t21-,23+/m1/s1.